The maximum absolute atomic E-state index is 12.4. The Kier molecular flexibility index (Phi) is 4.00. The molecule has 0 bridgehead atoms. The molecular formula is C22H32N2O2. The van der Waals surface area contributed by atoms with Crippen LogP contribution >= 0.6 is 0 Å². The molecule has 0 aromatic carbocycles. The Morgan fingerprint density at radius 2 is 1.88 bits per heavy atom. The molecule has 1 spiro atoms. The van der Waals surface area contributed by atoms with Crippen LogP contribution in [0.15, 0.2) is 18.2 Å². The van der Waals surface area contributed by atoms with Crippen molar-refractivity contribution in [2.75, 3.05) is 13.1 Å². The summed E-state index contributed by atoms with van der Waals surface area (Å²) in [6.45, 7) is 10.3. The first-order valence-electron chi connectivity index (χ1n) is 10.0. The van der Waals surface area contributed by atoms with Crippen molar-refractivity contribution in [3.63, 3.8) is 0 Å². The van der Waals surface area contributed by atoms with Crippen molar-refractivity contribution in [2.24, 2.45) is 17.3 Å². The lowest BCUT2D eigenvalue weighted by molar-refractivity contribution is -0.171. The van der Waals surface area contributed by atoms with E-state index in [0.717, 1.165) is 19.5 Å². The first kappa shape index (κ1) is 18.0. The highest BCUT2D eigenvalue weighted by atomic mass is 16.3. The summed E-state index contributed by atoms with van der Waals surface area (Å²) in [5.41, 5.74) is 2.24. The van der Waals surface area contributed by atoms with Gasteiger partial charge in [-0.3, -0.25) is 9.78 Å². The summed E-state index contributed by atoms with van der Waals surface area (Å²) in [6, 6.07) is 6.41. The van der Waals surface area contributed by atoms with Gasteiger partial charge in [0.1, 0.15) is 0 Å². The van der Waals surface area contributed by atoms with Crippen LogP contribution in [0.25, 0.3) is 0 Å². The molecule has 142 valence electrons. The van der Waals surface area contributed by atoms with E-state index in [2.05, 4.69) is 39.0 Å². The van der Waals surface area contributed by atoms with Gasteiger partial charge in [-0.05, 0) is 57.1 Å². The van der Waals surface area contributed by atoms with Gasteiger partial charge in [-0.15, -0.1) is 0 Å². The van der Waals surface area contributed by atoms with Crippen LogP contribution in [0.1, 0.15) is 64.8 Å². The zero-order valence-corrected chi connectivity index (χ0v) is 16.6. The maximum atomic E-state index is 12.4. The van der Waals surface area contributed by atoms with Gasteiger partial charge in [0.2, 0.25) is 5.91 Å². The van der Waals surface area contributed by atoms with Crippen LogP contribution < -0.4 is 0 Å². The minimum atomic E-state index is -0.612. The lowest BCUT2D eigenvalue weighted by atomic mass is 9.56. The predicted molar refractivity (Wildman–Crippen MR) is 102 cm³/mol. The first-order valence-corrected chi connectivity index (χ1v) is 10.0. The molecule has 1 aliphatic heterocycles. The number of hydrogen-bond donors (Lipinski definition) is 1. The van der Waals surface area contributed by atoms with E-state index in [4.69, 9.17) is 4.98 Å². The molecule has 3 aliphatic rings. The van der Waals surface area contributed by atoms with Crippen molar-refractivity contribution in [3.05, 3.63) is 29.6 Å². The molecule has 26 heavy (non-hydrogen) atoms. The molecule has 1 aromatic rings. The van der Waals surface area contributed by atoms with Crippen molar-refractivity contribution < 1.29 is 9.90 Å². The largest absolute Gasteiger partial charge is 0.390 e. The molecule has 4 rings (SSSR count). The second kappa shape index (κ2) is 5.79. The van der Waals surface area contributed by atoms with E-state index in [1.54, 1.807) is 0 Å². The van der Waals surface area contributed by atoms with Crippen molar-refractivity contribution in [3.8, 4) is 0 Å². The molecule has 2 heterocycles. The number of amides is 1. The summed E-state index contributed by atoms with van der Waals surface area (Å²) >= 11 is 0. The van der Waals surface area contributed by atoms with E-state index in [0.29, 0.717) is 24.2 Å². The Morgan fingerprint density at radius 3 is 2.46 bits per heavy atom. The molecular weight excluding hydrogens is 324 g/mol. The zero-order chi connectivity index (χ0) is 18.7. The average molecular weight is 357 g/mol. The summed E-state index contributed by atoms with van der Waals surface area (Å²) < 4.78 is 0. The smallest absolute Gasteiger partial charge is 0.225 e. The van der Waals surface area contributed by atoms with E-state index in [1.165, 1.54) is 24.2 Å². The molecule has 4 heteroatoms. The van der Waals surface area contributed by atoms with Gasteiger partial charge in [0.15, 0.2) is 0 Å². The van der Waals surface area contributed by atoms with Crippen LogP contribution in [-0.2, 0) is 16.6 Å². The quantitative estimate of drug-likeness (QED) is 0.904. The molecule has 1 N–H and O–H groups in total. The Morgan fingerprint density at radius 1 is 1.23 bits per heavy atom. The SMILES string of the molecule is CC(C)(C)c1cccc(CC2CC3(C2)CN(C(=O)[C@H]2C[C@@](C)(O)C2)C3)n1. The van der Waals surface area contributed by atoms with Crippen LogP contribution in [0.3, 0.4) is 0 Å². The zero-order valence-electron chi connectivity index (χ0n) is 16.6. The lowest BCUT2D eigenvalue weighted by Gasteiger charge is -2.60. The lowest BCUT2D eigenvalue weighted by Crippen LogP contribution is -2.66. The van der Waals surface area contributed by atoms with Crippen molar-refractivity contribution in [1.29, 1.82) is 0 Å². The van der Waals surface area contributed by atoms with Gasteiger partial charge >= 0.3 is 0 Å². The molecule has 3 fully saturated rings. The molecule has 2 aliphatic carbocycles. The summed E-state index contributed by atoms with van der Waals surface area (Å²) in [7, 11) is 0. The minimum Gasteiger partial charge on any atom is -0.390 e. The molecule has 2 saturated carbocycles. The molecule has 4 nitrogen and oxygen atoms in total. The molecule has 0 radical (unpaired) electrons. The summed E-state index contributed by atoms with van der Waals surface area (Å²) in [5.74, 6) is 1.03. The van der Waals surface area contributed by atoms with Crippen LogP contribution in [-0.4, -0.2) is 39.6 Å². The fraction of sp³-hybridized carbons (Fsp3) is 0.727. The third-order valence-corrected chi connectivity index (χ3v) is 6.60. The van der Waals surface area contributed by atoms with Crippen LogP contribution in [0, 0.1) is 17.3 Å². The fourth-order valence-electron chi connectivity index (χ4n) is 5.23. The molecule has 1 saturated heterocycles. The van der Waals surface area contributed by atoms with Crippen molar-refractivity contribution in [2.45, 2.75) is 70.8 Å². The number of nitrogens with zero attached hydrogens (tertiary/aromatic N) is 2. The van der Waals surface area contributed by atoms with E-state index in [1.807, 2.05) is 11.8 Å². The van der Waals surface area contributed by atoms with Gasteiger partial charge in [0.05, 0.1) is 5.60 Å². The monoisotopic (exact) mass is 356 g/mol. The summed E-state index contributed by atoms with van der Waals surface area (Å²) in [5, 5.41) is 9.83. The number of aliphatic hydroxyl groups is 1. The Hall–Kier alpha value is -1.42. The Bertz CT molecular complexity index is 697. The normalized spacial score (nSPS) is 30.5. The molecule has 0 atom stereocenters. The second-order valence-electron chi connectivity index (χ2n) is 10.5. The summed E-state index contributed by atoms with van der Waals surface area (Å²) in [6.07, 6.45) is 4.77. The van der Waals surface area contributed by atoms with Crippen molar-refractivity contribution in [1.82, 2.24) is 9.88 Å². The first-order chi connectivity index (χ1) is 12.1. The molecule has 0 unspecified atom stereocenters. The Balaban J connectivity index is 1.25. The van der Waals surface area contributed by atoms with Crippen molar-refractivity contribution >= 4 is 5.91 Å². The third kappa shape index (κ3) is 3.28. The summed E-state index contributed by atoms with van der Waals surface area (Å²) in [4.78, 5) is 19.3. The number of carbonyl (C=O) groups is 1. The number of rotatable bonds is 3. The van der Waals surface area contributed by atoms with Gasteiger partial charge in [0.25, 0.3) is 0 Å². The van der Waals surface area contributed by atoms with Crippen LogP contribution in [0.4, 0.5) is 0 Å². The van der Waals surface area contributed by atoms with Gasteiger partial charge in [-0.1, -0.05) is 26.8 Å². The van der Waals surface area contributed by atoms with E-state index < -0.39 is 5.60 Å². The van der Waals surface area contributed by atoms with E-state index >= 15 is 0 Å². The highest BCUT2D eigenvalue weighted by molar-refractivity contribution is 5.81. The second-order valence-corrected chi connectivity index (χ2v) is 10.5. The number of carbonyl (C=O) groups excluding carboxylic acids is 1. The van der Waals surface area contributed by atoms with E-state index in [9.17, 15) is 9.90 Å². The topological polar surface area (TPSA) is 53.4 Å². The third-order valence-electron chi connectivity index (χ3n) is 6.60. The van der Waals surface area contributed by atoms with Gasteiger partial charge in [0, 0.05) is 41.2 Å². The molecule has 1 amide bonds. The van der Waals surface area contributed by atoms with E-state index in [-0.39, 0.29) is 17.2 Å². The standard InChI is InChI=1S/C22H32N2O2/c1-20(2,3)18-7-5-6-17(23-18)8-15-9-22(10-15)13-24(14-22)19(25)16-11-21(4,26)12-16/h5-7,15-16,26H,8-14H2,1-4H3/t16-,21+. The van der Waals surface area contributed by atoms with Crippen LogP contribution in [0.5, 0.6) is 0 Å². The number of pyridine rings is 1. The predicted octanol–water partition coefficient (Wildman–Crippen LogP) is 3.32. The van der Waals surface area contributed by atoms with Gasteiger partial charge in [-0.25, -0.2) is 0 Å². The van der Waals surface area contributed by atoms with Gasteiger partial charge < -0.3 is 10.0 Å². The molecule has 1 aromatic heterocycles. The highest BCUT2D eigenvalue weighted by Crippen LogP contribution is 2.53. The van der Waals surface area contributed by atoms with Gasteiger partial charge in [-0.2, -0.15) is 0 Å². The highest BCUT2D eigenvalue weighted by Gasteiger charge is 2.55. The Labute approximate surface area is 157 Å². The van der Waals surface area contributed by atoms with Crippen LogP contribution in [0.2, 0.25) is 0 Å². The number of likely N-dealkylation sites (tertiary alicyclic amines) is 1. The number of hydrogen-bond acceptors (Lipinski definition) is 3. The average Bonchev–Trinajstić information content (AvgIpc) is 2.44. The maximum Gasteiger partial charge on any atom is 0.225 e. The number of aromatic nitrogens is 1. The minimum absolute atomic E-state index is 0.0579. The fourth-order valence-corrected chi connectivity index (χ4v) is 5.23.